The van der Waals surface area contributed by atoms with Crippen molar-refractivity contribution >= 4 is 0 Å². The van der Waals surface area contributed by atoms with Crippen molar-refractivity contribution in [1.29, 1.82) is 0 Å². The molecule has 2 aliphatic rings. The van der Waals surface area contributed by atoms with E-state index in [0.29, 0.717) is 17.5 Å². The molecular weight excluding hydrogens is 230 g/mol. The Labute approximate surface area is 117 Å². The standard InChI is InChI=1S/C18H27N/c1-13-12-18(2,3)11-10-16(13)19-17-9-8-14-6-4-5-7-15(14)17/h4-7,13,16-17,19H,8-12H2,1-3H3. The van der Waals surface area contributed by atoms with Gasteiger partial charge in [0.05, 0.1) is 0 Å². The first-order valence-corrected chi connectivity index (χ1v) is 7.89. The van der Waals surface area contributed by atoms with Crippen molar-refractivity contribution in [3.63, 3.8) is 0 Å². The predicted octanol–water partition coefficient (Wildman–Crippen LogP) is 4.48. The number of rotatable bonds is 2. The summed E-state index contributed by atoms with van der Waals surface area (Å²) in [6.07, 6.45) is 6.60. The SMILES string of the molecule is CC1CC(C)(C)CCC1NC1CCc2ccccc21. The summed E-state index contributed by atoms with van der Waals surface area (Å²) in [5.74, 6) is 0.802. The zero-order valence-electron chi connectivity index (χ0n) is 12.6. The summed E-state index contributed by atoms with van der Waals surface area (Å²) in [7, 11) is 0. The summed E-state index contributed by atoms with van der Waals surface area (Å²) in [4.78, 5) is 0. The van der Waals surface area contributed by atoms with Crippen LogP contribution in [-0.2, 0) is 6.42 Å². The highest BCUT2D eigenvalue weighted by Gasteiger charge is 2.34. The first-order valence-electron chi connectivity index (χ1n) is 7.89. The molecular formula is C18H27N. The Hall–Kier alpha value is -0.820. The van der Waals surface area contributed by atoms with Crippen molar-refractivity contribution in [2.45, 2.75) is 65.0 Å². The molecule has 2 aliphatic carbocycles. The molecule has 1 aromatic carbocycles. The van der Waals surface area contributed by atoms with E-state index in [9.17, 15) is 0 Å². The van der Waals surface area contributed by atoms with Crippen molar-refractivity contribution in [1.82, 2.24) is 5.32 Å². The lowest BCUT2D eigenvalue weighted by atomic mass is 9.70. The molecule has 19 heavy (non-hydrogen) atoms. The number of hydrogen-bond donors (Lipinski definition) is 1. The molecule has 104 valence electrons. The third-order valence-electron chi connectivity index (χ3n) is 5.24. The second-order valence-electron chi connectivity index (χ2n) is 7.45. The fourth-order valence-electron chi connectivity index (χ4n) is 4.18. The van der Waals surface area contributed by atoms with E-state index in [4.69, 9.17) is 0 Å². The van der Waals surface area contributed by atoms with Crippen LogP contribution in [0.3, 0.4) is 0 Å². The Morgan fingerprint density at radius 3 is 2.74 bits per heavy atom. The van der Waals surface area contributed by atoms with Gasteiger partial charge in [-0.2, -0.15) is 0 Å². The van der Waals surface area contributed by atoms with Crippen LogP contribution >= 0.6 is 0 Å². The first kappa shape index (κ1) is 13.2. The van der Waals surface area contributed by atoms with Gasteiger partial charge in [0.15, 0.2) is 0 Å². The molecule has 1 N–H and O–H groups in total. The van der Waals surface area contributed by atoms with Gasteiger partial charge in [-0.05, 0) is 54.6 Å². The molecule has 3 rings (SSSR count). The summed E-state index contributed by atoms with van der Waals surface area (Å²) in [5, 5.41) is 3.96. The summed E-state index contributed by atoms with van der Waals surface area (Å²) in [5.41, 5.74) is 3.66. The van der Waals surface area contributed by atoms with Crippen LogP contribution in [0.25, 0.3) is 0 Å². The molecule has 0 bridgehead atoms. The zero-order chi connectivity index (χ0) is 13.5. The van der Waals surface area contributed by atoms with Crippen molar-refractivity contribution in [3.8, 4) is 0 Å². The maximum absolute atomic E-state index is 3.96. The molecule has 0 saturated heterocycles. The van der Waals surface area contributed by atoms with Crippen LogP contribution in [0.15, 0.2) is 24.3 Å². The largest absolute Gasteiger partial charge is 0.307 e. The molecule has 3 unspecified atom stereocenters. The average Bonchev–Trinajstić information content (AvgIpc) is 2.76. The lowest BCUT2D eigenvalue weighted by Crippen LogP contribution is -2.42. The minimum Gasteiger partial charge on any atom is -0.307 e. The molecule has 1 saturated carbocycles. The number of fused-ring (bicyclic) bond motifs is 1. The van der Waals surface area contributed by atoms with Crippen LogP contribution in [-0.4, -0.2) is 6.04 Å². The quantitative estimate of drug-likeness (QED) is 0.823. The Bertz CT molecular complexity index is 449. The minimum atomic E-state index is 0.547. The molecule has 0 spiro atoms. The number of aryl methyl sites for hydroxylation is 1. The Morgan fingerprint density at radius 1 is 1.16 bits per heavy atom. The Morgan fingerprint density at radius 2 is 1.95 bits per heavy atom. The van der Waals surface area contributed by atoms with Crippen molar-refractivity contribution in [3.05, 3.63) is 35.4 Å². The molecule has 1 fully saturated rings. The Balaban J connectivity index is 1.67. The smallest absolute Gasteiger partial charge is 0.0328 e. The van der Waals surface area contributed by atoms with Gasteiger partial charge in [-0.25, -0.2) is 0 Å². The highest BCUT2D eigenvalue weighted by Crippen LogP contribution is 2.40. The molecule has 1 heteroatoms. The average molecular weight is 257 g/mol. The van der Waals surface area contributed by atoms with Gasteiger partial charge in [0, 0.05) is 12.1 Å². The zero-order valence-corrected chi connectivity index (χ0v) is 12.6. The maximum Gasteiger partial charge on any atom is 0.0328 e. The Kier molecular flexibility index (Phi) is 3.42. The maximum atomic E-state index is 3.96. The number of benzene rings is 1. The van der Waals surface area contributed by atoms with Crippen LogP contribution in [0.1, 0.15) is 63.6 Å². The van der Waals surface area contributed by atoms with Crippen LogP contribution in [0.4, 0.5) is 0 Å². The summed E-state index contributed by atoms with van der Waals surface area (Å²) < 4.78 is 0. The van der Waals surface area contributed by atoms with Gasteiger partial charge < -0.3 is 5.32 Å². The van der Waals surface area contributed by atoms with E-state index in [0.717, 1.165) is 5.92 Å². The van der Waals surface area contributed by atoms with Gasteiger partial charge in [0.2, 0.25) is 0 Å². The van der Waals surface area contributed by atoms with E-state index in [1.54, 1.807) is 11.1 Å². The fraction of sp³-hybridized carbons (Fsp3) is 0.667. The van der Waals surface area contributed by atoms with Crippen LogP contribution in [0.2, 0.25) is 0 Å². The fourth-order valence-corrected chi connectivity index (χ4v) is 4.18. The molecule has 0 heterocycles. The number of hydrogen-bond acceptors (Lipinski definition) is 1. The monoisotopic (exact) mass is 257 g/mol. The molecule has 0 amide bonds. The van der Waals surface area contributed by atoms with E-state index in [-0.39, 0.29) is 0 Å². The van der Waals surface area contributed by atoms with Gasteiger partial charge in [0.25, 0.3) is 0 Å². The highest BCUT2D eigenvalue weighted by atomic mass is 15.0. The lowest BCUT2D eigenvalue weighted by Gasteiger charge is -2.41. The van der Waals surface area contributed by atoms with E-state index in [1.807, 2.05) is 0 Å². The molecule has 3 atom stereocenters. The summed E-state index contributed by atoms with van der Waals surface area (Å²) in [6.45, 7) is 7.27. The second kappa shape index (κ2) is 4.94. The summed E-state index contributed by atoms with van der Waals surface area (Å²) >= 11 is 0. The molecule has 0 radical (unpaired) electrons. The van der Waals surface area contributed by atoms with Crippen LogP contribution in [0, 0.1) is 11.3 Å². The number of nitrogens with one attached hydrogen (secondary N) is 1. The second-order valence-corrected chi connectivity index (χ2v) is 7.45. The van der Waals surface area contributed by atoms with Crippen molar-refractivity contribution < 1.29 is 0 Å². The van der Waals surface area contributed by atoms with Gasteiger partial charge in [-0.3, -0.25) is 0 Å². The van der Waals surface area contributed by atoms with Gasteiger partial charge in [-0.1, -0.05) is 45.0 Å². The van der Waals surface area contributed by atoms with E-state index >= 15 is 0 Å². The van der Waals surface area contributed by atoms with Gasteiger partial charge >= 0.3 is 0 Å². The highest BCUT2D eigenvalue weighted by molar-refractivity contribution is 5.34. The third-order valence-corrected chi connectivity index (χ3v) is 5.24. The van der Waals surface area contributed by atoms with E-state index in [2.05, 4.69) is 50.4 Å². The van der Waals surface area contributed by atoms with Gasteiger partial charge in [-0.15, -0.1) is 0 Å². The van der Waals surface area contributed by atoms with Crippen molar-refractivity contribution in [2.75, 3.05) is 0 Å². The molecule has 0 aromatic heterocycles. The lowest BCUT2D eigenvalue weighted by molar-refractivity contribution is 0.141. The van der Waals surface area contributed by atoms with E-state index in [1.165, 1.54) is 32.1 Å². The third kappa shape index (κ3) is 2.72. The first-order chi connectivity index (χ1) is 9.05. The van der Waals surface area contributed by atoms with Crippen LogP contribution < -0.4 is 5.32 Å². The van der Waals surface area contributed by atoms with Crippen molar-refractivity contribution in [2.24, 2.45) is 11.3 Å². The minimum absolute atomic E-state index is 0.547. The van der Waals surface area contributed by atoms with Gasteiger partial charge in [0.1, 0.15) is 0 Å². The van der Waals surface area contributed by atoms with E-state index < -0.39 is 0 Å². The molecule has 0 aliphatic heterocycles. The summed E-state index contributed by atoms with van der Waals surface area (Å²) in [6, 6.07) is 10.3. The predicted molar refractivity (Wildman–Crippen MR) is 81.2 cm³/mol. The molecule has 1 nitrogen and oxygen atoms in total. The molecule has 1 aromatic rings. The normalized spacial score (nSPS) is 33.1. The van der Waals surface area contributed by atoms with Crippen LogP contribution in [0.5, 0.6) is 0 Å². The topological polar surface area (TPSA) is 12.0 Å².